The number of amides is 1. The van der Waals surface area contributed by atoms with Crippen LogP contribution < -0.4 is 0 Å². The fourth-order valence-electron chi connectivity index (χ4n) is 5.80. The molecule has 5 nitrogen and oxygen atoms in total. The van der Waals surface area contributed by atoms with Crippen molar-refractivity contribution in [1.82, 2.24) is 14.7 Å². The highest BCUT2D eigenvalue weighted by Gasteiger charge is 2.38. The Hall–Kier alpha value is -2.63. The van der Waals surface area contributed by atoms with Gasteiger partial charge in [-0.25, -0.2) is 0 Å². The van der Waals surface area contributed by atoms with Crippen LogP contribution in [0.4, 0.5) is 26.3 Å². The quantitative estimate of drug-likeness (QED) is 0.303. The van der Waals surface area contributed by atoms with E-state index in [1.165, 1.54) is 24.8 Å². The molecule has 1 aliphatic carbocycles. The number of carbonyl (C=O) groups excluding carboxylic acids is 1. The summed E-state index contributed by atoms with van der Waals surface area (Å²) in [5.74, 6) is 0.496. The molecule has 2 atom stereocenters. The van der Waals surface area contributed by atoms with Crippen LogP contribution in [0.1, 0.15) is 60.4 Å². The van der Waals surface area contributed by atoms with Crippen molar-refractivity contribution >= 4 is 5.91 Å². The summed E-state index contributed by atoms with van der Waals surface area (Å²) >= 11 is 0. The highest BCUT2D eigenvalue weighted by molar-refractivity contribution is 5.83. The number of rotatable bonds is 12. The standard InChI is InChI=1S/C31H39F6N3O2/c1-38(12-11-23-18-25(30(32,33)34)21-26(19-23)31(35,36)37)29(42)28(24-6-3-2-4-7-24)40-15-13-39(14-16-40)27(8-5-17-41)20-22-9-10-22/h2-4,6-7,18-19,21-22,27-28,41H,5,8-17,20H2,1H3/t27?,28-/m0/s1. The molecule has 1 saturated carbocycles. The third kappa shape index (κ3) is 8.70. The average molecular weight is 600 g/mol. The highest BCUT2D eigenvalue weighted by Crippen LogP contribution is 2.37. The number of hydrogen-bond donors (Lipinski definition) is 1. The molecule has 2 aromatic carbocycles. The second-order valence-corrected chi connectivity index (χ2v) is 11.5. The topological polar surface area (TPSA) is 47.0 Å². The minimum absolute atomic E-state index is 0.0363. The van der Waals surface area contributed by atoms with Gasteiger partial charge in [-0.2, -0.15) is 26.3 Å². The molecule has 1 unspecified atom stereocenters. The summed E-state index contributed by atoms with van der Waals surface area (Å²) in [4.78, 5) is 19.8. The van der Waals surface area contributed by atoms with E-state index in [2.05, 4.69) is 9.80 Å². The summed E-state index contributed by atoms with van der Waals surface area (Å²) in [6.07, 6.45) is -4.68. The van der Waals surface area contributed by atoms with Gasteiger partial charge in [0.25, 0.3) is 0 Å². The van der Waals surface area contributed by atoms with Gasteiger partial charge in [-0.15, -0.1) is 0 Å². The van der Waals surface area contributed by atoms with E-state index in [4.69, 9.17) is 0 Å². The Bertz CT molecular complexity index is 1130. The molecule has 1 heterocycles. The second-order valence-electron chi connectivity index (χ2n) is 11.5. The van der Waals surface area contributed by atoms with Crippen molar-refractivity contribution in [3.63, 3.8) is 0 Å². The van der Waals surface area contributed by atoms with E-state index in [0.717, 1.165) is 56.0 Å². The molecule has 42 heavy (non-hydrogen) atoms. The van der Waals surface area contributed by atoms with E-state index in [0.29, 0.717) is 19.1 Å². The first-order chi connectivity index (χ1) is 19.9. The smallest absolute Gasteiger partial charge is 0.396 e. The van der Waals surface area contributed by atoms with E-state index in [1.54, 1.807) is 0 Å². The fraction of sp³-hybridized carbons (Fsp3) is 0.581. The van der Waals surface area contributed by atoms with Crippen molar-refractivity contribution in [2.75, 3.05) is 46.4 Å². The Morgan fingerprint density at radius 3 is 2.02 bits per heavy atom. The van der Waals surface area contributed by atoms with Crippen LogP contribution in [0.2, 0.25) is 0 Å². The fourth-order valence-corrected chi connectivity index (χ4v) is 5.80. The van der Waals surface area contributed by atoms with Crippen LogP contribution in [0.15, 0.2) is 48.5 Å². The molecule has 2 fully saturated rings. The van der Waals surface area contributed by atoms with Crippen molar-refractivity contribution in [3.8, 4) is 0 Å². The number of hydrogen-bond acceptors (Lipinski definition) is 4. The zero-order valence-corrected chi connectivity index (χ0v) is 23.8. The number of benzene rings is 2. The van der Waals surface area contributed by atoms with Crippen molar-refractivity contribution in [2.45, 2.75) is 63.0 Å². The Labute approximate surface area is 243 Å². The van der Waals surface area contributed by atoms with Gasteiger partial charge in [-0.3, -0.25) is 14.6 Å². The maximum atomic E-state index is 13.8. The van der Waals surface area contributed by atoms with Crippen LogP contribution >= 0.6 is 0 Å². The molecule has 1 aliphatic heterocycles. The normalized spacial score (nSPS) is 18.6. The number of carbonyl (C=O) groups is 1. The van der Waals surface area contributed by atoms with Crippen LogP contribution in [0.5, 0.6) is 0 Å². The first-order valence-corrected chi connectivity index (χ1v) is 14.5. The third-order valence-electron chi connectivity index (χ3n) is 8.34. The molecule has 1 N–H and O–H groups in total. The van der Waals surface area contributed by atoms with E-state index in [-0.39, 0.29) is 37.1 Å². The second kappa shape index (κ2) is 13.8. The molecule has 1 saturated heterocycles. The van der Waals surface area contributed by atoms with Gasteiger partial charge in [-0.1, -0.05) is 43.2 Å². The SMILES string of the molecule is CN(CCc1cc(C(F)(F)F)cc(C(F)(F)F)c1)C(=O)[C@H](c1ccccc1)N1CCN(C(CCCO)CC2CC2)CC1. The van der Waals surface area contributed by atoms with E-state index in [1.807, 2.05) is 30.3 Å². The van der Waals surface area contributed by atoms with Gasteiger partial charge in [0.05, 0.1) is 11.1 Å². The Kier molecular flexibility index (Phi) is 10.6. The van der Waals surface area contributed by atoms with Crippen LogP contribution in [0, 0.1) is 5.92 Å². The highest BCUT2D eigenvalue weighted by atomic mass is 19.4. The summed E-state index contributed by atoms with van der Waals surface area (Å²) < 4.78 is 79.9. The minimum Gasteiger partial charge on any atom is -0.396 e. The average Bonchev–Trinajstić information content (AvgIpc) is 3.78. The molecule has 0 spiro atoms. The van der Waals surface area contributed by atoms with Crippen molar-refractivity contribution in [3.05, 3.63) is 70.8 Å². The van der Waals surface area contributed by atoms with Gasteiger partial charge in [-0.05, 0) is 60.9 Å². The van der Waals surface area contributed by atoms with Crippen molar-refractivity contribution in [1.29, 1.82) is 0 Å². The first kappa shape index (κ1) is 32.3. The largest absolute Gasteiger partial charge is 0.416 e. The van der Waals surface area contributed by atoms with Gasteiger partial charge in [0.1, 0.15) is 6.04 Å². The lowest BCUT2D eigenvalue weighted by Crippen LogP contribution is -2.53. The first-order valence-electron chi connectivity index (χ1n) is 14.5. The minimum atomic E-state index is -4.92. The lowest BCUT2D eigenvalue weighted by Gasteiger charge is -2.43. The van der Waals surface area contributed by atoms with Gasteiger partial charge in [0.2, 0.25) is 5.91 Å². The molecule has 0 bridgehead atoms. The molecule has 2 aliphatic rings. The monoisotopic (exact) mass is 599 g/mol. The molecular formula is C31H39F6N3O2. The summed E-state index contributed by atoms with van der Waals surface area (Å²) in [7, 11) is 1.54. The molecule has 0 aromatic heterocycles. The Morgan fingerprint density at radius 1 is 0.929 bits per heavy atom. The maximum absolute atomic E-state index is 13.8. The summed E-state index contributed by atoms with van der Waals surface area (Å²) in [6.45, 7) is 2.95. The lowest BCUT2D eigenvalue weighted by molar-refractivity contribution is -0.143. The molecular weight excluding hydrogens is 560 g/mol. The number of alkyl halides is 6. The molecule has 0 radical (unpaired) electrons. The number of halogens is 6. The molecule has 1 amide bonds. The predicted octanol–water partition coefficient (Wildman–Crippen LogP) is 6.03. The van der Waals surface area contributed by atoms with Crippen LogP contribution in [-0.2, 0) is 23.6 Å². The predicted molar refractivity (Wildman–Crippen MR) is 148 cm³/mol. The number of nitrogens with zero attached hydrogens (tertiary/aromatic N) is 3. The zero-order chi connectivity index (χ0) is 30.5. The van der Waals surface area contributed by atoms with Gasteiger partial charge < -0.3 is 10.0 Å². The number of aliphatic hydroxyl groups is 1. The summed E-state index contributed by atoms with van der Waals surface area (Å²) in [5, 5.41) is 9.36. The van der Waals surface area contributed by atoms with Crippen LogP contribution in [-0.4, -0.2) is 78.1 Å². The van der Waals surface area contributed by atoms with E-state index < -0.39 is 29.5 Å². The zero-order valence-electron chi connectivity index (χ0n) is 23.8. The molecule has 4 rings (SSSR count). The van der Waals surface area contributed by atoms with Crippen molar-refractivity contribution in [2.24, 2.45) is 5.92 Å². The third-order valence-corrected chi connectivity index (χ3v) is 8.34. The number of piperazine rings is 1. The summed E-state index contributed by atoms with van der Waals surface area (Å²) in [6, 6.07) is 10.6. The van der Waals surface area contributed by atoms with Gasteiger partial charge in [0, 0.05) is 52.4 Å². The van der Waals surface area contributed by atoms with Gasteiger partial charge in [0.15, 0.2) is 0 Å². The Balaban J connectivity index is 1.46. The van der Waals surface area contributed by atoms with Crippen molar-refractivity contribution < 1.29 is 36.2 Å². The summed E-state index contributed by atoms with van der Waals surface area (Å²) in [5.41, 5.74) is -2.07. The number of likely N-dealkylation sites (N-methyl/N-ethyl adjacent to an activating group) is 1. The van der Waals surface area contributed by atoms with E-state index in [9.17, 15) is 36.2 Å². The van der Waals surface area contributed by atoms with Gasteiger partial charge >= 0.3 is 12.4 Å². The lowest BCUT2D eigenvalue weighted by atomic mass is 9.99. The Morgan fingerprint density at radius 2 is 1.50 bits per heavy atom. The number of aliphatic hydroxyl groups excluding tert-OH is 1. The van der Waals surface area contributed by atoms with Crippen LogP contribution in [0.3, 0.4) is 0 Å². The van der Waals surface area contributed by atoms with Crippen LogP contribution in [0.25, 0.3) is 0 Å². The van der Waals surface area contributed by atoms with E-state index >= 15 is 0 Å². The maximum Gasteiger partial charge on any atom is 0.416 e. The molecule has 2 aromatic rings. The molecule has 11 heteroatoms. The molecule has 232 valence electrons.